The molecule has 2 aromatic rings. The summed E-state index contributed by atoms with van der Waals surface area (Å²) in [7, 11) is 0. The molecule has 90 valence electrons. The van der Waals surface area contributed by atoms with Crippen LogP contribution in [-0.4, -0.2) is 9.97 Å². The number of rotatable bonds is 6. The zero-order valence-electron chi connectivity index (χ0n) is 10.2. The van der Waals surface area contributed by atoms with Gasteiger partial charge in [0.05, 0.1) is 6.54 Å². The van der Waals surface area contributed by atoms with Gasteiger partial charge < -0.3 is 10.3 Å². The molecule has 0 aliphatic carbocycles. The molecular formula is C14H19N3. The van der Waals surface area contributed by atoms with Crippen molar-refractivity contribution in [3.05, 3.63) is 48.0 Å². The van der Waals surface area contributed by atoms with E-state index in [1.807, 2.05) is 6.20 Å². The van der Waals surface area contributed by atoms with E-state index in [-0.39, 0.29) is 0 Å². The first-order valence-electron chi connectivity index (χ1n) is 6.19. The van der Waals surface area contributed by atoms with Crippen LogP contribution in [-0.2, 0) is 13.0 Å². The molecule has 17 heavy (non-hydrogen) atoms. The van der Waals surface area contributed by atoms with Crippen molar-refractivity contribution in [1.29, 1.82) is 0 Å². The number of aromatic nitrogens is 2. The maximum atomic E-state index is 4.17. The molecule has 1 heterocycles. The number of hydrogen-bond acceptors (Lipinski definition) is 2. The SMILES string of the molecule is CCCCc1ccc(NCc2ncc[nH]2)cc1. The van der Waals surface area contributed by atoms with Gasteiger partial charge in [-0.25, -0.2) is 4.98 Å². The van der Waals surface area contributed by atoms with Gasteiger partial charge in [0.15, 0.2) is 0 Å². The molecule has 0 aliphatic rings. The fourth-order valence-electron chi connectivity index (χ4n) is 1.75. The quantitative estimate of drug-likeness (QED) is 0.797. The van der Waals surface area contributed by atoms with E-state index < -0.39 is 0 Å². The van der Waals surface area contributed by atoms with Gasteiger partial charge in [-0.3, -0.25) is 0 Å². The number of hydrogen-bond donors (Lipinski definition) is 2. The van der Waals surface area contributed by atoms with Crippen LogP contribution in [0, 0.1) is 0 Å². The number of H-pyrrole nitrogens is 1. The van der Waals surface area contributed by atoms with Gasteiger partial charge in [0.2, 0.25) is 0 Å². The van der Waals surface area contributed by atoms with Crippen molar-refractivity contribution in [2.75, 3.05) is 5.32 Å². The van der Waals surface area contributed by atoms with Crippen LogP contribution < -0.4 is 5.32 Å². The highest BCUT2D eigenvalue weighted by atomic mass is 15.0. The number of aryl methyl sites for hydroxylation is 1. The average molecular weight is 229 g/mol. The maximum Gasteiger partial charge on any atom is 0.125 e. The van der Waals surface area contributed by atoms with Crippen LogP contribution in [0.2, 0.25) is 0 Å². The molecule has 0 bridgehead atoms. The minimum Gasteiger partial charge on any atom is -0.378 e. The Morgan fingerprint density at radius 2 is 2.06 bits per heavy atom. The molecule has 0 saturated heterocycles. The van der Waals surface area contributed by atoms with Crippen LogP contribution in [0.5, 0.6) is 0 Å². The molecule has 0 atom stereocenters. The topological polar surface area (TPSA) is 40.7 Å². The first kappa shape index (κ1) is 11.7. The molecule has 3 nitrogen and oxygen atoms in total. The number of nitrogens with one attached hydrogen (secondary N) is 2. The Morgan fingerprint density at radius 1 is 1.24 bits per heavy atom. The average Bonchev–Trinajstić information content (AvgIpc) is 2.88. The second-order valence-corrected chi connectivity index (χ2v) is 4.19. The van der Waals surface area contributed by atoms with Crippen LogP contribution in [0.1, 0.15) is 31.2 Å². The van der Waals surface area contributed by atoms with E-state index in [1.165, 1.54) is 24.8 Å². The second-order valence-electron chi connectivity index (χ2n) is 4.19. The van der Waals surface area contributed by atoms with E-state index in [0.29, 0.717) is 0 Å². The third-order valence-corrected chi connectivity index (χ3v) is 2.79. The number of aromatic amines is 1. The van der Waals surface area contributed by atoms with E-state index >= 15 is 0 Å². The van der Waals surface area contributed by atoms with Gasteiger partial charge in [0.1, 0.15) is 5.82 Å². The summed E-state index contributed by atoms with van der Waals surface area (Å²) in [5.41, 5.74) is 2.55. The Labute approximate surface area is 102 Å². The van der Waals surface area contributed by atoms with Gasteiger partial charge in [-0.2, -0.15) is 0 Å². The second kappa shape index (κ2) is 6.09. The van der Waals surface area contributed by atoms with Crippen molar-refractivity contribution in [1.82, 2.24) is 9.97 Å². The van der Waals surface area contributed by atoms with Crippen molar-refractivity contribution < 1.29 is 0 Å². The predicted molar refractivity (Wildman–Crippen MR) is 71.0 cm³/mol. The minimum absolute atomic E-state index is 0.737. The third-order valence-electron chi connectivity index (χ3n) is 2.79. The lowest BCUT2D eigenvalue weighted by atomic mass is 10.1. The number of benzene rings is 1. The number of imidazole rings is 1. The van der Waals surface area contributed by atoms with Crippen LogP contribution >= 0.6 is 0 Å². The normalized spacial score (nSPS) is 10.4. The highest BCUT2D eigenvalue weighted by Crippen LogP contribution is 2.12. The first-order chi connectivity index (χ1) is 8.38. The predicted octanol–water partition coefficient (Wildman–Crippen LogP) is 3.36. The van der Waals surface area contributed by atoms with E-state index in [9.17, 15) is 0 Å². The van der Waals surface area contributed by atoms with E-state index in [4.69, 9.17) is 0 Å². The molecule has 1 aromatic heterocycles. The Balaban J connectivity index is 1.85. The monoisotopic (exact) mass is 229 g/mol. The van der Waals surface area contributed by atoms with Gasteiger partial charge in [-0.1, -0.05) is 25.5 Å². The zero-order valence-corrected chi connectivity index (χ0v) is 10.2. The highest BCUT2D eigenvalue weighted by molar-refractivity contribution is 5.44. The third kappa shape index (κ3) is 3.63. The molecule has 0 fully saturated rings. The molecule has 0 spiro atoms. The van der Waals surface area contributed by atoms with Crippen molar-refractivity contribution in [2.24, 2.45) is 0 Å². The Morgan fingerprint density at radius 3 is 2.71 bits per heavy atom. The number of nitrogens with zero attached hydrogens (tertiary/aromatic N) is 1. The maximum absolute atomic E-state index is 4.17. The molecule has 2 rings (SSSR count). The molecule has 0 radical (unpaired) electrons. The van der Waals surface area contributed by atoms with Crippen molar-refractivity contribution in [3.63, 3.8) is 0 Å². The van der Waals surface area contributed by atoms with Gasteiger partial charge in [0, 0.05) is 18.1 Å². The summed E-state index contributed by atoms with van der Waals surface area (Å²) in [6.07, 6.45) is 7.29. The summed E-state index contributed by atoms with van der Waals surface area (Å²) in [6.45, 7) is 2.96. The molecule has 3 heteroatoms. The Hall–Kier alpha value is -1.77. The lowest BCUT2D eigenvalue weighted by Gasteiger charge is -2.06. The van der Waals surface area contributed by atoms with Gasteiger partial charge in [-0.15, -0.1) is 0 Å². The van der Waals surface area contributed by atoms with Crippen molar-refractivity contribution >= 4 is 5.69 Å². The molecule has 0 unspecified atom stereocenters. The highest BCUT2D eigenvalue weighted by Gasteiger charge is 1.96. The summed E-state index contributed by atoms with van der Waals surface area (Å²) >= 11 is 0. The summed E-state index contributed by atoms with van der Waals surface area (Å²) in [6, 6.07) is 8.65. The Bertz CT molecular complexity index is 417. The van der Waals surface area contributed by atoms with Crippen LogP contribution in [0.25, 0.3) is 0 Å². The summed E-state index contributed by atoms with van der Waals surface area (Å²) < 4.78 is 0. The van der Waals surface area contributed by atoms with E-state index in [2.05, 4.69) is 46.5 Å². The molecular weight excluding hydrogens is 210 g/mol. The van der Waals surface area contributed by atoms with Crippen LogP contribution in [0.4, 0.5) is 5.69 Å². The summed E-state index contributed by atoms with van der Waals surface area (Å²) in [5.74, 6) is 0.958. The molecule has 0 aliphatic heterocycles. The van der Waals surface area contributed by atoms with Gasteiger partial charge >= 0.3 is 0 Å². The molecule has 2 N–H and O–H groups in total. The summed E-state index contributed by atoms with van der Waals surface area (Å²) in [5, 5.41) is 3.34. The largest absolute Gasteiger partial charge is 0.378 e. The van der Waals surface area contributed by atoms with E-state index in [1.54, 1.807) is 6.20 Å². The zero-order chi connectivity index (χ0) is 11.9. The molecule has 0 amide bonds. The standard InChI is InChI=1S/C14H19N3/c1-2-3-4-12-5-7-13(8-6-12)17-11-14-15-9-10-16-14/h5-10,17H,2-4,11H2,1H3,(H,15,16). The van der Waals surface area contributed by atoms with Crippen LogP contribution in [0.3, 0.4) is 0 Å². The van der Waals surface area contributed by atoms with E-state index in [0.717, 1.165) is 18.1 Å². The fourth-order valence-corrected chi connectivity index (χ4v) is 1.75. The Kier molecular flexibility index (Phi) is 4.19. The fraction of sp³-hybridized carbons (Fsp3) is 0.357. The minimum atomic E-state index is 0.737. The molecule has 1 aromatic carbocycles. The van der Waals surface area contributed by atoms with Crippen molar-refractivity contribution in [3.8, 4) is 0 Å². The summed E-state index contributed by atoms with van der Waals surface area (Å²) in [4.78, 5) is 7.24. The lowest BCUT2D eigenvalue weighted by molar-refractivity contribution is 0.795. The number of unbranched alkanes of at least 4 members (excludes halogenated alkanes) is 1. The van der Waals surface area contributed by atoms with Gasteiger partial charge in [0.25, 0.3) is 0 Å². The number of anilines is 1. The van der Waals surface area contributed by atoms with Gasteiger partial charge in [-0.05, 0) is 30.5 Å². The first-order valence-corrected chi connectivity index (χ1v) is 6.19. The lowest BCUT2D eigenvalue weighted by Crippen LogP contribution is -2.01. The van der Waals surface area contributed by atoms with Crippen LogP contribution in [0.15, 0.2) is 36.7 Å². The van der Waals surface area contributed by atoms with Crippen molar-refractivity contribution in [2.45, 2.75) is 32.7 Å². The smallest absolute Gasteiger partial charge is 0.125 e. The molecule has 0 saturated carbocycles.